The summed E-state index contributed by atoms with van der Waals surface area (Å²) in [6.07, 6.45) is 0. The van der Waals surface area contributed by atoms with Crippen molar-refractivity contribution in [3.63, 3.8) is 0 Å². The molecule has 0 aliphatic heterocycles. The molecule has 0 unspecified atom stereocenters. The van der Waals surface area contributed by atoms with Crippen molar-refractivity contribution < 1.29 is 62.0 Å². The van der Waals surface area contributed by atoms with E-state index in [0.29, 0.717) is 0 Å². The molecule has 0 amide bonds. The summed E-state index contributed by atoms with van der Waals surface area (Å²) in [4.78, 5) is 0. The summed E-state index contributed by atoms with van der Waals surface area (Å²) < 4.78 is 0. The molecular weight excluding hydrogens is 386 g/mol. The van der Waals surface area contributed by atoms with Crippen molar-refractivity contribution in [1.82, 2.24) is 0 Å². The molecule has 0 aromatic rings. The Morgan fingerprint density at radius 2 is 0.333 bits per heavy atom. The monoisotopic (exact) mass is 384 g/mol. The summed E-state index contributed by atoms with van der Waals surface area (Å²) in [6.45, 7) is 0. The van der Waals surface area contributed by atoms with Crippen LogP contribution < -0.4 is 62.0 Å². The normalized spacial score (nSPS) is 0. The molecule has 3 radical (unpaired) electrons. The van der Waals surface area contributed by atoms with Crippen LogP contribution in [-0.4, -0.2) is 26.2 Å². The Bertz CT molecular complexity index is 3.90. The maximum Gasteiger partial charge on any atom is 0 e. The molecule has 0 nitrogen and oxygen atoms in total. The van der Waals surface area contributed by atoms with Crippen molar-refractivity contribution in [2.75, 3.05) is 0 Å². The number of hydrogen-bond acceptors (Lipinski definition) is 0. The largest absolute Gasteiger partial charge is 1.00 e. The van der Waals surface area contributed by atoms with Gasteiger partial charge in [-0.05, 0) is 0 Å². The van der Waals surface area contributed by atoms with Crippen molar-refractivity contribution >= 4 is 26.2 Å². The van der Waals surface area contributed by atoms with Gasteiger partial charge in [-0.2, -0.15) is 0 Å². The Balaban J connectivity index is 0. The van der Waals surface area contributed by atoms with Gasteiger partial charge < -0.3 is 62.0 Å². The minimum atomic E-state index is 0. The van der Waals surface area contributed by atoms with E-state index < -0.39 is 0 Å². The molecule has 6 heavy (non-hydrogen) atoms. The molecule has 0 fully saturated rings. The van der Waals surface area contributed by atoms with Crippen LogP contribution >= 0.6 is 0 Å². The second-order valence-corrected chi connectivity index (χ2v) is 0. The molecule has 0 atom stereocenters. The third-order valence-corrected chi connectivity index (χ3v) is 0. The SMILES string of the molecule is [Bi].[Cl-].[Cl-].[Cl-].[Cl-].[Cl-]. The van der Waals surface area contributed by atoms with Crippen molar-refractivity contribution in [3.05, 3.63) is 0 Å². The fraction of sp³-hybridized carbons (Fsp3) is 0. The molecule has 0 rings (SSSR count). The molecule has 0 saturated heterocycles. The van der Waals surface area contributed by atoms with Gasteiger partial charge in [-0.25, -0.2) is 0 Å². The fourth-order valence-electron chi connectivity index (χ4n) is 0. The smallest absolute Gasteiger partial charge is 0 e. The van der Waals surface area contributed by atoms with E-state index in [9.17, 15) is 0 Å². The van der Waals surface area contributed by atoms with Crippen molar-refractivity contribution in [2.24, 2.45) is 0 Å². The molecule has 0 spiro atoms. The molecule has 0 aromatic heterocycles. The zero-order chi connectivity index (χ0) is 0. The van der Waals surface area contributed by atoms with Crippen LogP contribution in [0.3, 0.4) is 0 Å². The van der Waals surface area contributed by atoms with Gasteiger partial charge in [0.15, 0.2) is 0 Å². The van der Waals surface area contributed by atoms with Gasteiger partial charge >= 0.3 is 0 Å². The molecule has 6 heteroatoms. The Morgan fingerprint density at radius 3 is 0.333 bits per heavy atom. The number of rotatable bonds is 0. The van der Waals surface area contributed by atoms with Gasteiger partial charge in [-0.3, -0.25) is 0 Å². The van der Waals surface area contributed by atoms with Gasteiger partial charge in [0, 0.05) is 26.2 Å². The molecule has 0 bridgehead atoms. The third kappa shape index (κ3) is 33.1. The van der Waals surface area contributed by atoms with E-state index in [1.165, 1.54) is 0 Å². The summed E-state index contributed by atoms with van der Waals surface area (Å²) in [6, 6.07) is 0. The zero-order valence-corrected chi connectivity index (χ0v) is 9.59. The van der Waals surface area contributed by atoms with Gasteiger partial charge in [0.05, 0.1) is 0 Å². The molecule has 0 N–H and O–H groups in total. The van der Waals surface area contributed by atoms with Crippen LogP contribution in [-0.2, 0) is 0 Å². The second kappa shape index (κ2) is 54.0. The summed E-state index contributed by atoms with van der Waals surface area (Å²) in [5, 5.41) is 0. The van der Waals surface area contributed by atoms with Crippen molar-refractivity contribution in [2.45, 2.75) is 0 Å². The van der Waals surface area contributed by atoms with Gasteiger partial charge in [0.1, 0.15) is 0 Å². The maximum atomic E-state index is 0. The van der Waals surface area contributed by atoms with E-state index in [0.717, 1.165) is 0 Å². The molecule has 0 saturated carbocycles. The van der Waals surface area contributed by atoms with Crippen molar-refractivity contribution in [1.29, 1.82) is 0 Å². The zero-order valence-electron chi connectivity index (χ0n) is 2.34. The van der Waals surface area contributed by atoms with E-state index in [-0.39, 0.29) is 88.2 Å². The van der Waals surface area contributed by atoms with Gasteiger partial charge in [0.25, 0.3) is 0 Å². The molecule has 0 aliphatic carbocycles. The van der Waals surface area contributed by atoms with E-state index in [4.69, 9.17) is 0 Å². The molecule has 0 aromatic carbocycles. The first-order valence-electron chi connectivity index (χ1n) is 0. The molecular formula is BiCl5-5. The second-order valence-electron chi connectivity index (χ2n) is 0. The van der Waals surface area contributed by atoms with Crippen LogP contribution in [0.15, 0.2) is 0 Å². The van der Waals surface area contributed by atoms with Crippen LogP contribution in [0, 0.1) is 0 Å². The number of hydrogen-bond donors (Lipinski definition) is 0. The average molecular weight is 386 g/mol. The molecule has 0 heterocycles. The average Bonchev–Trinajstić information content (AvgIpc) is 0. The Kier molecular flexibility index (Phi) is 741. The van der Waals surface area contributed by atoms with Crippen molar-refractivity contribution in [3.8, 4) is 0 Å². The van der Waals surface area contributed by atoms with Gasteiger partial charge in [-0.15, -0.1) is 0 Å². The standard InChI is InChI=1S/Bi.5ClH/h;5*1H/p-5. The topological polar surface area (TPSA) is 0 Å². The summed E-state index contributed by atoms with van der Waals surface area (Å²) in [5.74, 6) is 0. The number of halogens is 5. The minimum absolute atomic E-state index is 0. The van der Waals surface area contributed by atoms with Crippen LogP contribution in [0.2, 0.25) is 0 Å². The predicted octanol–water partition coefficient (Wildman–Crippen LogP) is -15.4. The van der Waals surface area contributed by atoms with Crippen LogP contribution in [0.1, 0.15) is 0 Å². The Labute approximate surface area is 87.4 Å². The van der Waals surface area contributed by atoms with Crippen LogP contribution in [0.25, 0.3) is 0 Å². The molecule has 45 valence electrons. The quantitative estimate of drug-likeness (QED) is 0.363. The summed E-state index contributed by atoms with van der Waals surface area (Å²) in [7, 11) is 0. The minimum Gasteiger partial charge on any atom is -1.00 e. The van der Waals surface area contributed by atoms with E-state index in [2.05, 4.69) is 0 Å². The fourth-order valence-corrected chi connectivity index (χ4v) is 0. The Morgan fingerprint density at radius 1 is 0.333 bits per heavy atom. The first-order valence-corrected chi connectivity index (χ1v) is 0. The predicted molar refractivity (Wildman–Crippen MR) is 5.75 cm³/mol. The van der Waals surface area contributed by atoms with Gasteiger partial charge in [0.2, 0.25) is 0 Å². The first kappa shape index (κ1) is 82.3. The van der Waals surface area contributed by atoms with E-state index >= 15 is 0 Å². The Hall–Kier alpha value is 2.33. The van der Waals surface area contributed by atoms with Gasteiger partial charge in [-0.1, -0.05) is 0 Å². The van der Waals surface area contributed by atoms with Crippen LogP contribution in [0.5, 0.6) is 0 Å². The van der Waals surface area contributed by atoms with E-state index in [1.54, 1.807) is 0 Å². The van der Waals surface area contributed by atoms with E-state index in [1.807, 2.05) is 0 Å². The molecule has 0 aliphatic rings. The first-order chi connectivity index (χ1) is 0. The van der Waals surface area contributed by atoms with Crippen LogP contribution in [0.4, 0.5) is 0 Å². The maximum absolute atomic E-state index is 0. The summed E-state index contributed by atoms with van der Waals surface area (Å²) >= 11 is 0. The third-order valence-electron chi connectivity index (χ3n) is 0. The summed E-state index contributed by atoms with van der Waals surface area (Å²) in [5.41, 5.74) is 0.